The maximum atomic E-state index is 12.7. The summed E-state index contributed by atoms with van der Waals surface area (Å²) in [6.45, 7) is 5.67. The van der Waals surface area contributed by atoms with Gasteiger partial charge in [-0.25, -0.2) is 4.79 Å². The van der Waals surface area contributed by atoms with Gasteiger partial charge >= 0.3 is 6.03 Å². The number of nitrogens with zero attached hydrogens (tertiary/aromatic N) is 2. The molecule has 0 N–H and O–H groups in total. The number of hydrogen-bond donors (Lipinski definition) is 0. The highest BCUT2D eigenvalue weighted by molar-refractivity contribution is 5.75. The minimum atomic E-state index is 0.270. The Morgan fingerprint density at radius 2 is 1.79 bits per heavy atom. The van der Waals surface area contributed by atoms with Crippen LogP contribution in [0.3, 0.4) is 0 Å². The van der Waals surface area contributed by atoms with Crippen LogP contribution < -0.4 is 0 Å². The van der Waals surface area contributed by atoms with Gasteiger partial charge in [0.15, 0.2) is 0 Å². The van der Waals surface area contributed by atoms with Crippen LogP contribution in [0, 0.1) is 5.92 Å². The molecule has 3 aliphatic rings. The lowest BCUT2D eigenvalue weighted by Gasteiger charge is -2.46. The van der Waals surface area contributed by atoms with Crippen LogP contribution in [0.2, 0.25) is 0 Å². The molecule has 1 aliphatic carbocycles. The lowest BCUT2D eigenvalue weighted by Crippen LogP contribution is -2.58. The fourth-order valence-electron chi connectivity index (χ4n) is 3.72. The molecule has 0 aromatic carbocycles. The Labute approximate surface area is 116 Å². The molecule has 19 heavy (non-hydrogen) atoms. The predicted octanol–water partition coefficient (Wildman–Crippen LogP) is 2.48. The molecule has 3 fully saturated rings. The second-order valence-corrected chi connectivity index (χ2v) is 6.41. The molecule has 4 nitrogen and oxygen atoms in total. The molecule has 2 heterocycles. The number of likely N-dealkylation sites (tertiary alicyclic amines) is 1. The summed E-state index contributed by atoms with van der Waals surface area (Å²) in [5.74, 6) is 0.774. The van der Waals surface area contributed by atoms with Gasteiger partial charge in [-0.05, 0) is 31.6 Å². The summed E-state index contributed by atoms with van der Waals surface area (Å²) in [6.07, 6.45) is 7.37. The van der Waals surface area contributed by atoms with Crippen molar-refractivity contribution in [3.63, 3.8) is 0 Å². The van der Waals surface area contributed by atoms with E-state index in [1.807, 2.05) is 0 Å². The number of urea groups is 1. The first-order valence-electron chi connectivity index (χ1n) is 7.93. The van der Waals surface area contributed by atoms with Crippen LogP contribution in [0.25, 0.3) is 0 Å². The molecule has 0 aromatic rings. The van der Waals surface area contributed by atoms with E-state index in [1.165, 1.54) is 12.8 Å². The van der Waals surface area contributed by atoms with E-state index in [4.69, 9.17) is 4.74 Å². The minimum Gasteiger partial charge on any atom is -0.374 e. The standard InChI is InChI=1S/C15H26N2O2/c1-12-6-8-16(9-7-12)15(18)17-10-11-19-14-5-3-2-4-13(14)17/h12-14H,2-11H2,1H3. The van der Waals surface area contributed by atoms with Crippen molar-refractivity contribution in [3.05, 3.63) is 0 Å². The second-order valence-electron chi connectivity index (χ2n) is 6.41. The number of fused-ring (bicyclic) bond motifs is 1. The number of amides is 2. The molecule has 108 valence electrons. The molecule has 2 amide bonds. The summed E-state index contributed by atoms with van der Waals surface area (Å²) >= 11 is 0. The van der Waals surface area contributed by atoms with E-state index < -0.39 is 0 Å². The minimum absolute atomic E-state index is 0.270. The van der Waals surface area contributed by atoms with Gasteiger partial charge < -0.3 is 14.5 Å². The third kappa shape index (κ3) is 2.73. The van der Waals surface area contributed by atoms with Crippen molar-refractivity contribution >= 4 is 6.03 Å². The highest BCUT2D eigenvalue weighted by Crippen LogP contribution is 2.29. The fraction of sp³-hybridized carbons (Fsp3) is 0.933. The molecular formula is C15H26N2O2. The summed E-state index contributed by atoms with van der Waals surface area (Å²) in [7, 11) is 0. The summed E-state index contributed by atoms with van der Waals surface area (Å²) in [5.41, 5.74) is 0. The molecule has 3 rings (SSSR count). The van der Waals surface area contributed by atoms with Crippen molar-refractivity contribution in [2.45, 2.75) is 57.6 Å². The third-order valence-corrected chi connectivity index (χ3v) is 5.03. The van der Waals surface area contributed by atoms with Crippen LogP contribution in [0.15, 0.2) is 0 Å². The first-order valence-corrected chi connectivity index (χ1v) is 7.93. The van der Waals surface area contributed by atoms with Crippen LogP contribution in [0.4, 0.5) is 4.79 Å². The lowest BCUT2D eigenvalue weighted by atomic mass is 9.90. The Kier molecular flexibility index (Phi) is 3.96. The number of piperidine rings is 1. The Bertz CT molecular complexity index is 324. The Morgan fingerprint density at radius 1 is 1.05 bits per heavy atom. The van der Waals surface area contributed by atoms with Crippen molar-refractivity contribution in [2.24, 2.45) is 5.92 Å². The number of hydrogen-bond acceptors (Lipinski definition) is 2. The van der Waals surface area contributed by atoms with Crippen molar-refractivity contribution < 1.29 is 9.53 Å². The smallest absolute Gasteiger partial charge is 0.320 e. The number of carbonyl (C=O) groups is 1. The Hall–Kier alpha value is -0.770. The average Bonchev–Trinajstić information content (AvgIpc) is 2.47. The monoisotopic (exact) mass is 266 g/mol. The number of ether oxygens (including phenoxy) is 1. The van der Waals surface area contributed by atoms with E-state index in [-0.39, 0.29) is 6.03 Å². The van der Waals surface area contributed by atoms with Crippen LogP contribution in [0.1, 0.15) is 45.4 Å². The van der Waals surface area contributed by atoms with Gasteiger partial charge in [-0.3, -0.25) is 0 Å². The van der Waals surface area contributed by atoms with E-state index in [9.17, 15) is 4.79 Å². The van der Waals surface area contributed by atoms with Crippen molar-refractivity contribution in [1.29, 1.82) is 0 Å². The van der Waals surface area contributed by atoms with E-state index in [0.29, 0.717) is 12.1 Å². The van der Waals surface area contributed by atoms with Gasteiger partial charge in [0.1, 0.15) is 0 Å². The molecule has 0 aromatic heterocycles. The molecular weight excluding hydrogens is 240 g/mol. The van der Waals surface area contributed by atoms with E-state index in [0.717, 1.165) is 57.8 Å². The van der Waals surface area contributed by atoms with Crippen LogP contribution >= 0.6 is 0 Å². The zero-order valence-electron chi connectivity index (χ0n) is 12.0. The zero-order valence-corrected chi connectivity index (χ0v) is 12.0. The molecule has 2 aliphatic heterocycles. The highest BCUT2D eigenvalue weighted by Gasteiger charge is 2.38. The molecule has 1 saturated carbocycles. The van der Waals surface area contributed by atoms with Gasteiger partial charge in [0.25, 0.3) is 0 Å². The molecule has 2 saturated heterocycles. The van der Waals surface area contributed by atoms with E-state index >= 15 is 0 Å². The summed E-state index contributed by atoms with van der Waals surface area (Å²) < 4.78 is 5.85. The van der Waals surface area contributed by atoms with Crippen molar-refractivity contribution in [2.75, 3.05) is 26.2 Å². The van der Waals surface area contributed by atoms with E-state index in [1.54, 1.807) is 0 Å². The Morgan fingerprint density at radius 3 is 2.58 bits per heavy atom. The maximum absolute atomic E-state index is 12.7. The first-order chi connectivity index (χ1) is 9.25. The molecule has 0 radical (unpaired) electrons. The average molecular weight is 266 g/mol. The fourth-order valence-corrected chi connectivity index (χ4v) is 3.72. The van der Waals surface area contributed by atoms with E-state index in [2.05, 4.69) is 16.7 Å². The second kappa shape index (κ2) is 5.70. The summed E-state index contributed by atoms with van der Waals surface area (Å²) in [4.78, 5) is 16.9. The normalized spacial score (nSPS) is 33.1. The largest absolute Gasteiger partial charge is 0.374 e. The third-order valence-electron chi connectivity index (χ3n) is 5.03. The number of morpholine rings is 1. The van der Waals surface area contributed by atoms with Crippen LogP contribution in [-0.4, -0.2) is 54.2 Å². The molecule has 4 heteroatoms. The van der Waals surface area contributed by atoms with Gasteiger partial charge in [-0.2, -0.15) is 0 Å². The SMILES string of the molecule is CC1CCN(C(=O)N2CCOC3CCCCC32)CC1. The molecule has 2 unspecified atom stereocenters. The predicted molar refractivity (Wildman–Crippen MR) is 74.1 cm³/mol. The molecule has 0 bridgehead atoms. The van der Waals surface area contributed by atoms with Crippen molar-refractivity contribution in [3.8, 4) is 0 Å². The van der Waals surface area contributed by atoms with Crippen LogP contribution in [-0.2, 0) is 4.74 Å². The van der Waals surface area contributed by atoms with Gasteiger partial charge in [0.2, 0.25) is 0 Å². The number of carbonyl (C=O) groups excluding carboxylic acids is 1. The summed E-state index contributed by atoms with van der Waals surface area (Å²) in [5, 5.41) is 0. The van der Waals surface area contributed by atoms with Gasteiger partial charge in [-0.15, -0.1) is 0 Å². The van der Waals surface area contributed by atoms with Gasteiger partial charge in [-0.1, -0.05) is 19.8 Å². The quantitative estimate of drug-likeness (QED) is 0.675. The zero-order chi connectivity index (χ0) is 13.2. The molecule has 2 atom stereocenters. The summed E-state index contributed by atoms with van der Waals surface area (Å²) in [6, 6.07) is 0.612. The highest BCUT2D eigenvalue weighted by atomic mass is 16.5. The number of rotatable bonds is 0. The topological polar surface area (TPSA) is 32.8 Å². The molecule has 0 spiro atoms. The Balaban J connectivity index is 1.64. The van der Waals surface area contributed by atoms with Gasteiger partial charge in [0.05, 0.1) is 18.8 Å². The lowest BCUT2D eigenvalue weighted by molar-refractivity contribution is -0.0760. The van der Waals surface area contributed by atoms with Crippen molar-refractivity contribution in [1.82, 2.24) is 9.80 Å². The van der Waals surface area contributed by atoms with Gasteiger partial charge in [0, 0.05) is 19.6 Å². The maximum Gasteiger partial charge on any atom is 0.320 e. The van der Waals surface area contributed by atoms with Crippen LogP contribution in [0.5, 0.6) is 0 Å². The first kappa shape index (κ1) is 13.2.